The highest BCUT2D eigenvalue weighted by Crippen LogP contribution is 2.28. The highest BCUT2D eigenvalue weighted by molar-refractivity contribution is 5.93. The zero-order chi connectivity index (χ0) is 22.3. The minimum Gasteiger partial charge on any atom is -0.467 e. The van der Waals surface area contributed by atoms with Gasteiger partial charge in [-0.05, 0) is 48.6 Å². The van der Waals surface area contributed by atoms with Crippen molar-refractivity contribution in [3.05, 3.63) is 89.9 Å². The van der Waals surface area contributed by atoms with Crippen LogP contribution in [0.4, 0.5) is 10.5 Å². The van der Waals surface area contributed by atoms with Crippen molar-refractivity contribution >= 4 is 17.6 Å². The van der Waals surface area contributed by atoms with Crippen molar-refractivity contribution in [3.63, 3.8) is 0 Å². The molecular formula is C26H29N3O3. The largest absolute Gasteiger partial charge is 0.467 e. The van der Waals surface area contributed by atoms with Crippen LogP contribution in [0.25, 0.3) is 0 Å². The van der Waals surface area contributed by atoms with E-state index in [9.17, 15) is 9.59 Å². The number of rotatable bonds is 9. The summed E-state index contributed by atoms with van der Waals surface area (Å²) in [7, 11) is 0. The number of anilines is 1. The minimum absolute atomic E-state index is 0.0400. The summed E-state index contributed by atoms with van der Waals surface area (Å²) in [5.41, 5.74) is 2.91. The van der Waals surface area contributed by atoms with Gasteiger partial charge < -0.3 is 19.5 Å². The molecule has 6 heteroatoms. The molecule has 1 aliphatic rings. The first-order valence-electron chi connectivity index (χ1n) is 11.1. The lowest BCUT2D eigenvalue weighted by Gasteiger charge is -2.28. The maximum Gasteiger partial charge on any atom is 0.322 e. The van der Waals surface area contributed by atoms with Gasteiger partial charge >= 0.3 is 6.03 Å². The van der Waals surface area contributed by atoms with Gasteiger partial charge in [0.25, 0.3) is 0 Å². The molecular weight excluding hydrogens is 402 g/mol. The van der Waals surface area contributed by atoms with Crippen molar-refractivity contribution in [1.29, 1.82) is 0 Å². The number of aryl methyl sites for hydroxylation is 1. The van der Waals surface area contributed by atoms with Gasteiger partial charge in [-0.2, -0.15) is 0 Å². The third-order valence-corrected chi connectivity index (χ3v) is 5.69. The first kappa shape index (κ1) is 21.7. The van der Waals surface area contributed by atoms with Gasteiger partial charge in [0.1, 0.15) is 12.3 Å². The number of amides is 3. The zero-order valence-corrected chi connectivity index (χ0v) is 18.4. The zero-order valence-electron chi connectivity index (χ0n) is 18.4. The van der Waals surface area contributed by atoms with E-state index in [1.165, 1.54) is 0 Å². The first-order chi connectivity index (χ1) is 15.6. The molecule has 0 saturated heterocycles. The summed E-state index contributed by atoms with van der Waals surface area (Å²) in [5, 5.41) is 3.02. The predicted molar refractivity (Wildman–Crippen MR) is 124 cm³/mol. The van der Waals surface area contributed by atoms with Gasteiger partial charge in [-0.25, -0.2) is 4.79 Å². The summed E-state index contributed by atoms with van der Waals surface area (Å²) >= 11 is 0. The van der Waals surface area contributed by atoms with Gasteiger partial charge in [0.2, 0.25) is 5.91 Å². The first-order valence-corrected chi connectivity index (χ1v) is 11.1. The standard InChI is InChI=1S/C26H29N3O3/c1-2-21-11-6-7-13-24(21)27-26(31)29(22-14-15-22)19-25(30)28(18-23-12-8-16-32-23)17-20-9-4-3-5-10-20/h3-13,16,22H,2,14-15,17-19H2,1H3,(H,27,31). The van der Waals surface area contributed by atoms with Crippen molar-refractivity contribution < 1.29 is 14.0 Å². The normalized spacial score (nSPS) is 12.9. The van der Waals surface area contributed by atoms with Crippen LogP contribution in [0.1, 0.15) is 36.7 Å². The molecule has 6 nitrogen and oxygen atoms in total. The molecule has 1 aromatic heterocycles. The van der Waals surface area contributed by atoms with Crippen molar-refractivity contribution in [2.24, 2.45) is 0 Å². The number of carbonyl (C=O) groups excluding carboxylic acids is 2. The lowest BCUT2D eigenvalue weighted by atomic mass is 10.1. The molecule has 32 heavy (non-hydrogen) atoms. The fourth-order valence-corrected chi connectivity index (χ4v) is 3.76. The maximum atomic E-state index is 13.4. The molecule has 1 saturated carbocycles. The number of hydrogen-bond donors (Lipinski definition) is 1. The number of hydrogen-bond acceptors (Lipinski definition) is 3. The lowest BCUT2D eigenvalue weighted by molar-refractivity contribution is -0.133. The average molecular weight is 432 g/mol. The van der Waals surface area contributed by atoms with Gasteiger partial charge in [-0.15, -0.1) is 0 Å². The van der Waals surface area contributed by atoms with Gasteiger partial charge in [-0.3, -0.25) is 4.79 Å². The van der Waals surface area contributed by atoms with E-state index in [0.717, 1.165) is 36.1 Å². The monoisotopic (exact) mass is 431 g/mol. The molecule has 0 radical (unpaired) electrons. The molecule has 3 amide bonds. The van der Waals surface area contributed by atoms with E-state index in [-0.39, 0.29) is 24.5 Å². The Morgan fingerprint density at radius 3 is 2.41 bits per heavy atom. The van der Waals surface area contributed by atoms with Crippen molar-refractivity contribution in [3.8, 4) is 0 Å². The fraction of sp³-hybridized carbons (Fsp3) is 0.308. The topological polar surface area (TPSA) is 65.8 Å². The second-order valence-corrected chi connectivity index (χ2v) is 8.11. The summed E-state index contributed by atoms with van der Waals surface area (Å²) in [6.45, 7) is 2.92. The molecule has 0 spiro atoms. The quantitative estimate of drug-likeness (QED) is 0.515. The van der Waals surface area contributed by atoms with Crippen LogP contribution in [0.5, 0.6) is 0 Å². The number of nitrogens with zero attached hydrogens (tertiary/aromatic N) is 2. The molecule has 1 fully saturated rings. The molecule has 0 unspecified atom stereocenters. The van der Waals surface area contributed by atoms with Gasteiger partial charge in [0, 0.05) is 18.3 Å². The van der Waals surface area contributed by atoms with Crippen molar-refractivity contribution in [1.82, 2.24) is 9.80 Å². The SMILES string of the molecule is CCc1ccccc1NC(=O)N(CC(=O)N(Cc1ccccc1)Cc1ccco1)C1CC1. The van der Waals surface area contributed by atoms with E-state index in [2.05, 4.69) is 12.2 Å². The average Bonchev–Trinajstić information content (AvgIpc) is 3.53. The third kappa shape index (κ3) is 5.58. The predicted octanol–water partition coefficient (Wildman–Crippen LogP) is 5.07. The van der Waals surface area contributed by atoms with Crippen LogP contribution in [0.2, 0.25) is 0 Å². The summed E-state index contributed by atoms with van der Waals surface area (Å²) in [4.78, 5) is 29.9. The highest BCUT2D eigenvalue weighted by atomic mass is 16.3. The summed E-state index contributed by atoms with van der Waals surface area (Å²) in [5.74, 6) is 0.615. The number of para-hydroxylation sites is 1. The number of carbonyl (C=O) groups is 2. The Kier molecular flexibility index (Phi) is 6.90. The Balaban J connectivity index is 1.48. The molecule has 0 aliphatic heterocycles. The molecule has 4 rings (SSSR count). The molecule has 1 aliphatic carbocycles. The fourth-order valence-electron chi connectivity index (χ4n) is 3.76. The number of urea groups is 1. The molecule has 0 atom stereocenters. The molecule has 0 bridgehead atoms. The highest BCUT2D eigenvalue weighted by Gasteiger charge is 2.35. The van der Waals surface area contributed by atoms with E-state index in [4.69, 9.17) is 4.42 Å². The van der Waals surface area contributed by atoms with Crippen LogP contribution in [-0.2, 0) is 24.3 Å². The summed E-state index contributed by atoms with van der Waals surface area (Å²) < 4.78 is 5.48. The lowest BCUT2D eigenvalue weighted by Crippen LogP contribution is -2.45. The maximum absolute atomic E-state index is 13.4. The Hall–Kier alpha value is -3.54. The van der Waals surface area contributed by atoms with Gasteiger partial charge in [0.05, 0.1) is 12.8 Å². The van der Waals surface area contributed by atoms with Gasteiger partial charge in [0.15, 0.2) is 0 Å². The summed E-state index contributed by atoms with van der Waals surface area (Å²) in [6, 6.07) is 21.2. The second-order valence-electron chi connectivity index (χ2n) is 8.11. The Morgan fingerprint density at radius 1 is 0.969 bits per heavy atom. The van der Waals surface area contributed by atoms with Crippen LogP contribution in [-0.4, -0.2) is 34.3 Å². The number of benzene rings is 2. The van der Waals surface area contributed by atoms with Crippen LogP contribution >= 0.6 is 0 Å². The van der Waals surface area contributed by atoms with Crippen molar-refractivity contribution in [2.45, 2.75) is 45.3 Å². The van der Waals surface area contributed by atoms with E-state index in [1.54, 1.807) is 16.1 Å². The molecule has 3 aromatic rings. The van der Waals surface area contributed by atoms with E-state index in [0.29, 0.717) is 18.8 Å². The van der Waals surface area contributed by atoms with Crippen LogP contribution in [0.15, 0.2) is 77.4 Å². The van der Waals surface area contributed by atoms with Crippen LogP contribution in [0, 0.1) is 0 Å². The molecule has 2 aromatic carbocycles. The number of furan rings is 1. The Morgan fingerprint density at radius 2 is 1.72 bits per heavy atom. The van der Waals surface area contributed by atoms with E-state index >= 15 is 0 Å². The van der Waals surface area contributed by atoms with Crippen LogP contribution < -0.4 is 5.32 Å². The Labute approximate surface area is 188 Å². The Bertz CT molecular complexity index is 1030. The van der Waals surface area contributed by atoms with Gasteiger partial charge in [-0.1, -0.05) is 55.5 Å². The van der Waals surface area contributed by atoms with Crippen LogP contribution in [0.3, 0.4) is 0 Å². The smallest absolute Gasteiger partial charge is 0.322 e. The molecule has 166 valence electrons. The molecule has 1 heterocycles. The molecule has 1 N–H and O–H groups in total. The third-order valence-electron chi connectivity index (χ3n) is 5.69. The number of nitrogens with one attached hydrogen (secondary N) is 1. The van der Waals surface area contributed by atoms with E-state index in [1.807, 2.05) is 66.7 Å². The van der Waals surface area contributed by atoms with E-state index < -0.39 is 0 Å². The second kappa shape index (κ2) is 10.2. The summed E-state index contributed by atoms with van der Waals surface area (Å²) in [6.07, 6.45) is 4.28. The minimum atomic E-state index is -0.223. The van der Waals surface area contributed by atoms with Crippen molar-refractivity contribution in [2.75, 3.05) is 11.9 Å².